The number of nitrogens with one attached hydrogen (secondary N) is 1. The molecule has 1 fully saturated rings. The monoisotopic (exact) mass is 699 g/mol. The van der Waals surface area contributed by atoms with Crippen molar-refractivity contribution in [3.05, 3.63) is 124 Å². The Morgan fingerprint density at radius 3 is 2.10 bits per heavy atom. The number of carbonyl (C=O) groups excluding carboxylic acids is 2. The second-order valence-electron chi connectivity index (χ2n) is 12.8. The number of hydrogen-bond donors (Lipinski definition) is 1. The maximum absolute atomic E-state index is 14.0. The Morgan fingerprint density at radius 1 is 0.922 bits per heavy atom. The number of alkyl halides is 3. The van der Waals surface area contributed by atoms with E-state index < -0.39 is 29.5 Å². The lowest BCUT2D eigenvalue weighted by molar-refractivity contribution is -0.894. The molecule has 2 aromatic heterocycles. The van der Waals surface area contributed by atoms with Gasteiger partial charge in [0.2, 0.25) is 5.91 Å². The van der Waals surface area contributed by atoms with Gasteiger partial charge in [-0.25, -0.2) is 18.8 Å². The van der Waals surface area contributed by atoms with Gasteiger partial charge in [0.05, 0.1) is 86.4 Å². The van der Waals surface area contributed by atoms with Gasteiger partial charge in [-0.1, -0.05) is 42.5 Å². The molecule has 2 amide bonds. The second-order valence-corrected chi connectivity index (χ2v) is 12.8. The minimum absolute atomic E-state index is 0.0634. The molecule has 0 radical (unpaired) electrons. The van der Waals surface area contributed by atoms with Crippen molar-refractivity contribution in [1.29, 1.82) is 5.26 Å². The highest BCUT2D eigenvalue weighted by atomic mass is 19.4. The van der Waals surface area contributed by atoms with E-state index in [-0.39, 0.29) is 28.7 Å². The van der Waals surface area contributed by atoms with Crippen molar-refractivity contribution >= 4 is 11.9 Å². The summed E-state index contributed by atoms with van der Waals surface area (Å²) in [4.78, 5) is 42.8. The van der Waals surface area contributed by atoms with E-state index >= 15 is 0 Å². The Bertz CT molecular complexity index is 2070. The van der Waals surface area contributed by atoms with Crippen LogP contribution in [0.1, 0.15) is 23.7 Å². The summed E-state index contributed by atoms with van der Waals surface area (Å²) >= 11 is 0. The Hall–Kier alpha value is -5.94. The molecule has 14 heteroatoms. The molecule has 3 aromatic carbocycles. The van der Waals surface area contributed by atoms with Gasteiger partial charge in [-0.05, 0) is 62.4 Å². The first-order chi connectivity index (χ1) is 24.2. The largest absolute Gasteiger partial charge is 0.416 e. The number of benzene rings is 3. The van der Waals surface area contributed by atoms with Crippen LogP contribution < -0.4 is 11.0 Å². The Morgan fingerprint density at radius 2 is 1.53 bits per heavy atom. The molecule has 264 valence electrons. The van der Waals surface area contributed by atoms with Gasteiger partial charge in [0.25, 0.3) is 0 Å². The van der Waals surface area contributed by atoms with Gasteiger partial charge in [0, 0.05) is 0 Å². The molecule has 51 heavy (non-hydrogen) atoms. The van der Waals surface area contributed by atoms with Crippen molar-refractivity contribution in [2.45, 2.75) is 26.1 Å². The predicted octanol–water partition coefficient (Wildman–Crippen LogP) is 5.24. The van der Waals surface area contributed by atoms with Crippen LogP contribution in [0, 0.1) is 18.3 Å². The standard InChI is InChI=1S/C31H31F3N8O3.C6H6/c1-20(28(43)38-14-16-42(3,4)17-15-38)37-29(44)40-27(26-12-13-36-41(26)24-10-8-22(19-35)9-11-24)21(2)39(30(40)45)25-7-5-6-23(18-25)31(32,33)34;1-2-4-6-5-3-1/h5-13,18,20H,14-17H2,1-4H3;1-6H/p+1/t20-;/m0./s1. The molecule has 1 atom stereocenters. The van der Waals surface area contributed by atoms with E-state index in [1.807, 2.05) is 42.5 Å². The van der Waals surface area contributed by atoms with Gasteiger partial charge in [-0.2, -0.15) is 23.5 Å². The van der Waals surface area contributed by atoms with Crippen LogP contribution in [0.5, 0.6) is 0 Å². The number of imidazole rings is 1. The molecule has 0 spiro atoms. The zero-order valence-electron chi connectivity index (χ0n) is 28.6. The van der Waals surface area contributed by atoms with Crippen LogP contribution in [0.15, 0.2) is 102 Å². The van der Waals surface area contributed by atoms with Crippen LogP contribution in [0.25, 0.3) is 22.8 Å². The van der Waals surface area contributed by atoms with Crippen molar-refractivity contribution in [3.63, 3.8) is 0 Å². The molecule has 0 aliphatic carbocycles. The summed E-state index contributed by atoms with van der Waals surface area (Å²) in [6.45, 7) is 5.54. The highest BCUT2D eigenvalue weighted by molar-refractivity contribution is 5.89. The number of hydrogen-bond acceptors (Lipinski definition) is 5. The molecule has 1 saturated heterocycles. The lowest BCUT2D eigenvalue weighted by Gasteiger charge is -2.39. The van der Waals surface area contributed by atoms with Crippen molar-refractivity contribution in [1.82, 2.24) is 29.1 Å². The second kappa shape index (κ2) is 14.9. The zero-order valence-corrected chi connectivity index (χ0v) is 28.6. The van der Waals surface area contributed by atoms with E-state index in [9.17, 15) is 32.8 Å². The van der Waals surface area contributed by atoms with Crippen molar-refractivity contribution in [2.24, 2.45) is 0 Å². The van der Waals surface area contributed by atoms with Crippen LogP contribution in [0.4, 0.5) is 18.0 Å². The van der Waals surface area contributed by atoms with E-state index in [1.165, 1.54) is 36.9 Å². The van der Waals surface area contributed by atoms with Crippen molar-refractivity contribution in [2.75, 3.05) is 40.3 Å². The Labute approximate surface area is 293 Å². The van der Waals surface area contributed by atoms with Crippen molar-refractivity contribution in [3.8, 4) is 28.8 Å². The first kappa shape index (κ1) is 36.3. The number of amides is 2. The Kier molecular flexibility index (Phi) is 10.6. The molecule has 6 rings (SSSR count). The Balaban J connectivity index is 0.000000761. The summed E-state index contributed by atoms with van der Waals surface area (Å²) < 4.78 is 44.9. The van der Waals surface area contributed by atoms with Gasteiger partial charge in [-0.15, -0.1) is 0 Å². The minimum atomic E-state index is -4.66. The van der Waals surface area contributed by atoms with Gasteiger partial charge in [0.15, 0.2) is 0 Å². The normalized spacial score (nSPS) is 14.5. The van der Waals surface area contributed by atoms with Gasteiger partial charge in [0.1, 0.15) is 11.7 Å². The fourth-order valence-corrected chi connectivity index (χ4v) is 5.78. The molecule has 0 saturated carbocycles. The zero-order chi connectivity index (χ0) is 36.9. The summed E-state index contributed by atoms with van der Waals surface area (Å²) in [6.07, 6.45) is -3.22. The third kappa shape index (κ3) is 8.11. The minimum Gasteiger partial charge on any atom is -0.330 e. The van der Waals surface area contributed by atoms with Crippen LogP contribution in [-0.2, 0) is 11.0 Å². The molecule has 11 nitrogen and oxygen atoms in total. The molecule has 1 aliphatic heterocycles. The first-order valence-electron chi connectivity index (χ1n) is 16.2. The summed E-state index contributed by atoms with van der Waals surface area (Å²) in [7, 11) is 4.14. The average Bonchev–Trinajstić information content (AvgIpc) is 3.70. The maximum Gasteiger partial charge on any atom is 0.416 e. The number of likely N-dealkylation sites (N-methyl/N-ethyl adjacent to an activating group) is 1. The summed E-state index contributed by atoms with van der Waals surface area (Å²) in [5.41, 5.74) is -0.555. The van der Waals surface area contributed by atoms with E-state index in [4.69, 9.17) is 0 Å². The summed E-state index contributed by atoms with van der Waals surface area (Å²) in [6, 6.07) is 24.4. The third-order valence-electron chi connectivity index (χ3n) is 8.68. The third-order valence-corrected chi connectivity index (χ3v) is 8.68. The number of aromatic nitrogens is 4. The topological polar surface area (TPSA) is 118 Å². The molecule has 1 N–H and O–H groups in total. The molecular formula is C37H38F3N8O3+. The van der Waals surface area contributed by atoms with E-state index in [0.29, 0.717) is 24.3 Å². The van der Waals surface area contributed by atoms with Crippen LogP contribution in [0.2, 0.25) is 0 Å². The van der Waals surface area contributed by atoms with Crippen LogP contribution >= 0.6 is 0 Å². The van der Waals surface area contributed by atoms with Gasteiger partial charge < -0.3 is 14.7 Å². The number of piperazine rings is 1. The lowest BCUT2D eigenvalue weighted by Crippen LogP contribution is -2.59. The average molecular weight is 700 g/mol. The number of quaternary nitrogens is 1. The molecule has 5 aromatic rings. The molecule has 3 heterocycles. The first-order valence-corrected chi connectivity index (χ1v) is 16.2. The highest BCUT2D eigenvalue weighted by Crippen LogP contribution is 2.32. The number of rotatable bonds is 5. The van der Waals surface area contributed by atoms with Crippen molar-refractivity contribution < 1.29 is 27.2 Å². The van der Waals surface area contributed by atoms with E-state index in [0.717, 1.165) is 38.8 Å². The highest BCUT2D eigenvalue weighted by Gasteiger charge is 2.34. The molecule has 0 unspecified atom stereocenters. The predicted molar refractivity (Wildman–Crippen MR) is 185 cm³/mol. The smallest absolute Gasteiger partial charge is 0.330 e. The summed E-state index contributed by atoms with van der Waals surface area (Å²) in [5, 5.41) is 16.2. The van der Waals surface area contributed by atoms with Gasteiger partial charge in [-0.3, -0.25) is 9.36 Å². The summed E-state index contributed by atoms with van der Waals surface area (Å²) in [5.74, 6) is -0.311. The maximum atomic E-state index is 14.0. The number of nitriles is 1. The number of carbonyl (C=O) groups is 2. The number of nitrogens with zero attached hydrogens (tertiary/aromatic N) is 7. The molecular weight excluding hydrogens is 661 g/mol. The fraction of sp³-hybridized carbons (Fsp3) is 0.270. The number of halogens is 3. The van der Waals surface area contributed by atoms with E-state index in [1.54, 1.807) is 35.2 Å². The quantitative estimate of drug-likeness (QED) is 0.252. The lowest BCUT2D eigenvalue weighted by atomic mass is 10.2. The fourth-order valence-electron chi connectivity index (χ4n) is 5.78. The van der Waals surface area contributed by atoms with Crippen LogP contribution in [0.3, 0.4) is 0 Å². The SMILES string of the molecule is Cc1c(-c2ccnn2-c2ccc(C#N)cc2)n(C(=O)N[C@@H](C)C(=O)N2CC[N+](C)(C)CC2)c(=O)n1-c1cccc(C(F)(F)F)c1.c1ccccc1. The van der Waals surface area contributed by atoms with Crippen LogP contribution in [-0.4, -0.2) is 86.6 Å². The molecule has 1 aliphatic rings. The molecule has 0 bridgehead atoms. The van der Waals surface area contributed by atoms with Gasteiger partial charge >= 0.3 is 17.9 Å². The van der Waals surface area contributed by atoms with E-state index in [2.05, 4.69) is 24.5 Å².